The van der Waals surface area contributed by atoms with Crippen LogP contribution in [0.15, 0.2) is 12.4 Å². The van der Waals surface area contributed by atoms with Crippen LogP contribution in [-0.2, 0) is 6.61 Å². The van der Waals surface area contributed by atoms with Crippen LogP contribution in [0, 0.1) is 0 Å². The summed E-state index contributed by atoms with van der Waals surface area (Å²) in [7, 11) is 0. The maximum absolute atomic E-state index is 8.77. The Morgan fingerprint density at radius 1 is 1.33 bits per heavy atom. The van der Waals surface area contributed by atoms with Gasteiger partial charge in [0, 0.05) is 37.1 Å². The summed E-state index contributed by atoms with van der Waals surface area (Å²) in [6, 6.07) is 0.251. The molecule has 0 aromatic carbocycles. The Morgan fingerprint density at radius 2 is 1.87 bits per heavy atom. The van der Waals surface area contributed by atoms with Gasteiger partial charge in [-0.3, -0.25) is 0 Å². The average Bonchev–Trinajstić information content (AvgIpc) is 2.13. The van der Waals surface area contributed by atoms with Gasteiger partial charge in [0.1, 0.15) is 0 Å². The fraction of sp³-hybridized carbons (Fsp3) is 0.500. The topological polar surface area (TPSA) is 75.3 Å². The lowest BCUT2D eigenvalue weighted by molar-refractivity contribution is 0.281. The summed E-state index contributed by atoms with van der Waals surface area (Å²) in [6.45, 7) is 1.62. The van der Waals surface area contributed by atoms with E-state index in [0.29, 0.717) is 5.95 Å². The minimum absolute atomic E-state index is 0. The molecule has 0 saturated carbocycles. The van der Waals surface area contributed by atoms with Gasteiger partial charge in [-0.05, 0) is 0 Å². The lowest BCUT2D eigenvalue weighted by atomic mass is 10.1. The number of anilines is 1. The van der Waals surface area contributed by atoms with Crippen molar-refractivity contribution in [3.05, 3.63) is 18.0 Å². The van der Waals surface area contributed by atoms with Crippen molar-refractivity contribution in [1.29, 1.82) is 0 Å². The van der Waals surface area contributed by atoms with Crippen molar-refractivity contribution in [2.75, 3.05) is 18.0 Å². The van der Waals surface area contributed by atoms with Crippen LogP contribution >= 0.6 is 24.8 Å². The van der Waals surface area contributed by atoms with Gasteiger partial charge in [0.2, 0.25) is 5.95 Å². The quantitative estimate of drug-likeness (QED) is 0.773. The molecule has 1 saturated heterocycles. The molecule has 2 heterocycles. The predicted octanol–water partition coefficient (Wildman–Crippen LogP) is -0.0402. The van der Waals surface area contributed by atoms with Crippen molar-refractivity contribution in [2.24, 2.45) is 5.73 Å². The zero-order valence-corrected chi connectivity index (χ0v) is 9.67. The molecule has 5 nitrogen and oxygen atoms in total. The molecule has 0 radical (unpaired) electrons. The van der Waals surface area contributed by atoms with Crippen LogP contribution < -0.4 is 10.6 Å². The molecule has 7 heteroatoms. The molecular weight excluding hydrogens is 239 g/mol. The standard InChI is InChI=1S/C8H12N4O.2ClH/c9-7-3-12(4-7)8-10-1-6(5-13)2-11-8;;/h1-2,7,13H,3-5,9H2;2*1H. The molecule has 3 N–H and O–H groups in total. The first-order valence-electron chi connectivity index (χ1n) is 4.22. The predicted molar refractivity (Wildman–Crippen MR) is 62.6 cm³/mol. The summed E-state index contributed by atoms with van der Waals surface area (Å²) >= 11 is 0. The SMILES string of the molecule is Cl.Cl.NC1CN(c2ncc(CO)cn2)C1. The molecule has 0 atom stereocenters. The molecule has 0 unspecified atom stereocenters. The monoisotopic (exact) mass is 252 g/mol. The van der Waals surface area contributed by atoms with Crippen molar-refractivity contribution in [1.82, 2.24) is 9.97 Å². The first kappa shape index (κ1) is 14.4. The molecule has 1 aromatic rings. The number of rotatable bonds is 2. The van der Waals surface area contributed by atoms with Crippen LogP contribution in [-0.4, -0.2) is 34.2 Å². The molecule has 15 heavy (non-hydrogen) atoms. The van der Waals surface area contributed by atoms with E-state index in [4.69, 9.17) is 10.8 Å². The summed E-state index contributed by atoms with van der Waals surface area (Å²) in [5.41, 5.74) is 6.36. The third-order valence-electron chi connectivity index (χ3n) is 2.07. The Bertz CT molecular complexity index is 289. The van der Waals surface area contributed by atoms with Crippen molar-refractivity contribution >= 4 is 30.8 Å². The lowest BCUT2D eigenvalue weighted by Gasteiger charge is -2.36. The zero-order chi connectivity index (χ0) is 9.26. The Kier molecular flexibility index (Phi) is 5.82. The van der Waals surface area contributed by atoms with Gasteiger partial charge in [-0.15, -0.1) is 24.8 Å². The van der Waals surface area contributed by atoms with E-state index in [1.807, 2.05) is 4.90 Å². The third-order valence-corrected chi connectivity index (χ3v) is 2.07. The van der Waals surface area contributed by atoms with E-state index in [1.54, 1.807) is 12.4 Å². The van der Waals surface area contributed by atoms with Crippen LogP contribution in [0.4, 0.5) is 5.95 Å². The maximum Gasteiger partial charge on any atom is 0.225 e. The van der Waals surface area contributed by atoms with Gasteiger partial charge in [-0.2, -0.15) is 0 Å². The highest BCUT2D eigenvalue weighted by Crippen LogP contribution is 2.13. The van der Waals surface area contributed by atoms with Crippen LogP contribution in [0.1, 0.15) is 5.56 Å². The molecule has 1 aromatic heterocycles. The fourth-order valence-electron chi connectivity index (χ4n) is 1.27. The molecule has 1 fully saturated rings. The van der Waals surface area contributed by atoms with E-state index in [1.165, 1.54) is 0 Å². The van der Waals surface area contributed by atoms with Crippen molar-refractivity contribution in [3.8, 4) is 0 Å². The summed E-state index contributed by atoms with van der Waals surface area (Å²) in [5.74, 6) is 0.693. The van der Waals surface area contributed by atoms with E-state index < -0.39 is 0 Å². The molecule has 0 amide bonds. The first-order valence-corrected chi connectivity index (χ1v) is 4.22. The summed E-state index contributed by atoms with van der Waals surface area (Å²) in [5, 5.41) is 8.77. The first-order chi connectivity index (χ1) is 6.29. The van der Waals surface area contributed by atoms with E-state index in [-0.39, 0.29) is 37.5 Å². The third kappa shape index (κ3) is 3.17. The van der Waals surface area contributed by atoms with Crippen LogP contribution in [0.25, 0.3) is 0 Å². The average molecular weight is 253 g/mol. The molecule has 1 aliphatic heterocycles. The number of nitrogens with two attached hydrogens (primary N) is 1. The minimum Gasteiger partial charge on any atom is -0.392 e. The second-order valence-electron chi connectivity index (χ2n) is 3.21. The minimum atomic E-state index is -0.0141. The lowest BCUT2D eigenvalue weighted by Crippen LogP contribution is -2.56. The molecular formula is C8H14Cl2N4O. The van der Waals surface area contributed by atoms with Gasteiger partial charge >= 0.3 is 0 Å². The highest BCUT2D eigenvalue weighted by Gasteiger charge is 2.24. The second-order valence-corrected chi connectivity index (χ2v) is 3.21. The molecule has 0 bridgehead atoms. The van der Waals surface area contributed by atoms with E-state index in [9.17, 15) is 0 Å². The Labute approximate surface area is 101 Å². The van der Waals surface area contributed by atoms with Gasteiger partial charge in [0.15, 0.2) is 0 Å². The van der Waals surface area contributed by atoms with Gasteiger partial charge < -0.3 is 15.7 Å². The van der Waals surface area contributed by atoms with Gasteiger partial charge in [-0.1, -0.05) is 0 Å². The Hall–Kier alpha value is -0.620. The number of hydrogen-bond acceptors (Lipinski definition) is 5. The number of aliphatic hydroxyl groups excluding tert-OH is 1. The molecule has 2 rings (SSSR count). The Morgan fingerprint density at radius 3 is 2.27 bits per heavy atom. The number of aromatic nitrogens is 2. The number of hydrogen-bond donors (Lipinski definition) is 2. The van der Waals surface area contributed by atoms with Crippen LogP contribution in [0.2, 0.25) is 0 Å². The second kappa shape index (κ2) is 6.07. The Balaban J connectivity index is 0.000000980. The highest BCUT2D eigenvalue weighted by molar-refractivity contribution is 5.85. The number of nitrogens with zero attached hydrogens (tertiary/aromatic N) is 3. The molecule has 86 valence electrons. The maximum atomic E-state index is 8.77. The summed E-state index contributed by atoms with van der Waals surface area (Å²) in [4.78, 5) is 10.2. The molecule has 0 aliphatic carbocycles. The van der Waals surface area contributed by atoms with Crippen molar-refractivity contribution < 1.29 is 5.11 Å². The van der Waals surface area contributed by atoms with Crippen LogP contribution in [0.3, 0.4) is 0 Å². The van der Waals surface area contributed by atoms with Crippen LogP contribution in [0.5, 0.6) is 0 Å². The van der Waals surface area contributed by atoms with Gasteiger partial charge in [0.05, 0.1) is 6.61 Å². The zero-order valence-electron chi connectivity index (χ0n) is 8.04. The van der Waals surface area contributed by atoms with E-state index in [0.717, 1.165) is 18.7 Å². The largest absolute Gasteiger partial charge is 0.392 e. The highest BCUT2D eigenvalue weighted by atomic mass is 35.5. The van der Waals surface area contributed by atoms with Crippen molar-refractivity contribution in [2.45, 2.75) is 12.6 Å². The summed E-state index contributed by atoms with van der Waals surface area (Å²) < 4.78 is 0. The van der Waals surface area contributed by atoms with Gasteiger partial charge in [0.25, 0.3) is 0 Å². The van der Waals surface area contributed by atoms with E-state index in [2.05, 4.69) is 9.97 Å². The van der Waals surface area contributed by atoms with E-state index >= 15 is 0 Å². The normalized spacial score (nSPS) is 14.9. The smallest absolute Gasteiger partial charge is 0.225 e. The summed E-state index contributed by atoms with van der Waals surface area (Å²) in [6.07, 6.45) is 3.26. The number of halogens is 2. The van der Waals surface area contributed by atoms with Gasteiger partial charge in [-0.25, -0.2) is 9.97 Å². The number of aliphatic hydroxyl groups is 1. The van der Waals surface area contributed by atoms with Crippen molar-refractivity contribution in [3.63, 3.8) is 0 Å². The molecule has 1 aliphatic rings. The molecule has 0 spiro atoms. The fourth-order valence-corrected chi connectivity index (χ4v) is 1.27.